The number of aromatic amines is 1. The summed E-state index contributed by atoms with van der Waals surface area (Å²) in [7, 11) is 0. The van der Waals surface area contributed by atoms with E-state index in [1.165, 1.54) is 18.7 Å². The number of carbonyl (C=O) groups excluding carboxylic acids is 1. The molecule has 27 heavy (non-hydrogen) atoms. The van der Waals surface area contributed by atoms with Crippen LogP contribution in [0.1, 0.15) is 47.9 Å². The molecule has 5 nitrogen and oxygen atoms in total. The molecule has 0 unspecified atom stereocenters. The lowest BCUT2D eigenvalue weighted by atomic mass is 9.95. The van der Waals surface area contributed by atoms with E-state index in [1.54, 1.807) is 0 Å². The minimum Gasteiger partial charge on any atom is -0.349 e. The lowest BCUT2D eigenvalue weighted by Gasteiger charge is -2.31. The molecule has 1 saturated carbocycles. The molecular formula is C21H23ClN4O. The summed E-state index contributed by atoms with van der Waals surface area (Å²) < 4.78 is 2.33. The van der Waals surface area contributed by atoms with Crippen LogP contribution in [0.25, 0.3) is 10.9 Å². The number of H-pyrrole nitrogens is 1. The SMILES string of the molecule is O=C(c1[nH]c2ccccc2c1Cl)N1CCC(c2nccn2CC2CC2)CC1. The number of para-hydroxylation sites is 1. The highest BCUT2D eigenvalue weighted by Crippen LogP contribution is 2.34. The monoisotopic (exact) mass is 382 g/mol. The molecule has 2 aliphatic rings. The van der Waals surface area contributed by atoms with Crippen molar-refractivity contribution in [2.24, 2.45) is 5.92 Å². The molecule has 1 N–H and O–H groups in total. The maximum Gasteiger partial charge on any atom is 0.271 e. The normalized spacial score (nSPS) is 18.3. The number of likely N-dealkylation sites (tertiary alicyclic amines) is 1. The van der Waals surface area contributed by atoms with Gasteiger partial charge in [-0.15, -0.1) is 0 Å². The molecule has 1 aliphatic heterocycles. The molecule has 0 spiro atoms. The molecule has 2 fully saturated rings. The summed E-state index contributed by atoms with van der Waals surface area (Å²) in [5.41, 5.74) is 1.41. The lowest BCUT2D eigenvalue weighted by molar-refractivity contribution is 0.0705. The highest BCUT2D eigenvalue weighted by Gasteiger charge is 2.30. The van der Waals surface area contributed by atoms with Gasteiger partial charge in [-0.1, -0.05) is 29.8 Å². The largest absolute Gasteiger partial charge is 0.349 e. The first-order chi connectivity index (χ1) is 13.2. The third-order valence-electron chi connectivity index (χ3n) is 5.90. The van der Waals surface area contributed by atoms with Crippen molar-refractivity contribution in [2.45, 2.75) is 38.1 Å². The standard InChI is InChI=1S/C21H23ClN4O/c22-18-16-3-1-2-4-17(16)24-19(18)21(27)25-10-7-15(8-11-25)20-23-9-12-26(20)13-14-5-6-14/h1-4,9,12,14-15,24H,5-8,10-11,13H2. The van der Waals surface area contributed by atoms with Crippen LogP contribution in [0, 0.1) is 5.92 Å². The number of piperidine rings is 1. The van der Waals surface area contributed by atoms with Gasteiger partial charge in [0, 0.05) is 48.8 Å². The second kappa shape index (κ2) is 6.71. The summed E-state index contributed by atoms with van der Waals surface area (Å²) in [5.74, 6) is 2.46. The number of imidazole rings is 1. The zero-order valence-electron chi connectivity index (χ0n) is 15.2. The summed E-state index contributed by atoms with van der Waals surface area (Å²) in [6, 6.07) is 7.77. The fraction of sp³-hybridized carbons (Fsp3) is 0.429. The number of benzene rings is 1. The highest BCUT2D eigenvalue weighted by molar-refractivity contribution is 6.38. The molecule has 0 radical (unpaired) electrons. The summed E-state index contributed by atoms with van der Waals surface area (Å²) in [4.78, 5) is 22.7. The van der Waals surface area contributed by atoms with Crippen molar-refractivity contribution in [1.82, 2.24) is 19.4 Å². The van der Waals surface area contributed by atoms with Gasteiger partial charge < -0.3 is 14.5 Å². The van der Waals surface area contributed by atoms with Gasteiger partial charge in [0.15, 0.2) is 0 Å². The van der Waals surface area contributed by atoms with Crippen LogP contribution in [-0.4, -0.2) is 38.4 Å². The Morgan fingerprint density at radius 3 is 2.70 bits per heavy atom. The minimum absolute atomic E-state index is 0.00373. The van der Waals surface area contributed by atoms with Crippen molar-refractivity contribution in [3.63, 3.8) is 0 Å². The van der Waals surface area contributed by atoms with Crippen molar-refractivity contribution < 1.29 is 4.79 Å². The first kappa shape index (κ1) is 16.9. The molecule has 2 aromatic heterocycles. The topological polar surface area (TPSA) is 53.9 Å². The summed E-state index contributed by atoms with van der Waals surface area (Å²) in [5, 5.41) is 1.43. The number of aromatic nitrogens is 3. The van der Waals surface area contributed by atoms with Crippen LogP contribution in [0.4, 0.5) is 0 Å². The Bertz CT molecular complexity index is 979. The predicted octanol–water partition coefficient (Wildman–Crippen LogP) is 4.45. The Morgan fingerprint density at radius 2 is 1.96 bits per heavy atom. The van der Waals surface area contributed by atoms with E-state index in [0.29, 0.717) is 16.6 Å². The Hall–Kier alpha value is -2.27. The summed E-state index contributed by atoms with van der Waals surface area (Å²) >= 11 is 6.46. The van der Waals surface area contributed by atoms with E-state index in [0.717, 1.165) is 49.3 Å². The number of nitrogens with one attached hydrogen (secondary N) is 1. The summed E-state index contributed by atoms with van der Waals surface area (Å²) in [6.07, 6.45) is 8.61. The van der Waals surface area contributed by atoms with Gasteiger partial charge in [0.2, 0.25) is 0 Å². The fourth-order valence-electron chi connectivity index (χ4n) is 4.17. The fourth-order valence-corrected chi connectivity index (χ4v) is 4.46. The number of fused-ring (bicyclic) bond motifs is 1. The van der Waals surface area contributed by atoms with E-state index >= 15 is 0 Å². The number of rotatable bonds is 4. The van der Waals surface area contributed by atoms with Gasteiger partial charge in [-0.25, -0.2) is 4.98 Å². The maximum absolute atomic E-state index is 13.0. The molecule has 5 rings (SSSR count). The molecular weight excluding hydrogens is 360 g/mol. The molecule has 1 amide bonds. The lowest BCUT2D eigenvalue weighted by Crippen LogP contribution is -2.38. The van der Waals surface area contributed by atoms with Crippen LogP contribution in [0.15, 0.2) is 36.7 Å². The molecule has 140 valence electrons. The zero-order valence-corrected chi connectivity index (χ0v) is 16.0. The first-order valence-corrected chi connectivity index (χ1v) is 10.1. The average molecular weight is 383 g/mol. The predicted molar refractivity (Wildman–Crippen MR) is 106 cm³/mol. The number of amides is 1. The molecule has 1 aromatic carbocycles. The van der Waals surface area contributed by atoms with Gasteiger partial charge in [0.25, 0.3) is 5.91 Å². The van der Waals surface area contributed by atoms with Crippen LogP contribution in [0.5, 0.6) is 0 Å². The van der Waals surface area contributed by atoms with Gasteiger partial charge in [0.05, 0.1) is 5.02 Å². The number of hydrogen-bond donors (Lipinski definition) is 1. The van der Waals surface area contributed by atoms with Crippen molar-refractivity contribution in [3.05, 3.63) is 53.2 Å². The molecule has 1 aliphatic carbocycles. The smallest absolute Gasteiger partial charge is 0.271 e. The van der Waals surface area contributed by atoms with Gasteiger partial charge in [0.1, 0.15) is 11.5 Å². The highest BCUT2D eigenvalue weighted by atomic mass is 35.5. The molecule has 1 saturated heterocycles. The summed E-state index contributed by atoms with van der Waals surface area (Å²) in [6.45, 7) is 2.58. The second-order valence-electron chi connectivity index (χ2n) is 7.81. The third kappa shape index (κ3) is 3.14. The van der Waals surface area contributed by atoms with E-state index < -0.39 is 0 Å². The quantitative estimate of drug-likeness (QED) is 0.724. The molecule has 3 aromatic rings. The average Bonchev–Trinajstić information content (AvgIpc) is 3.29. The van der Waals surface area contributed by atoms with E-state index in [-0.39, 0.29) is 5.91 Å². The van der Waals surface area contributed by atoms with E-state index in [4.69, 9.17) is 11.6 Å². The number of carbonyl (C=O) groups is 1. The van der Waals surface area contributed by atoms with Crippen LogP contribution < -0.4 is 0 Å². The van der Waals surface area contributed by atoms with Crippen LogP contribution >= 0.6 is 11.6 Å². The molecule has 0 bridgehead atoms. The Balaban J connectivity index is 1.29. The van der Waals surface area contributed by atoms with Crippen LogP contribution in [-0.2, 0) is 6.54 Å². The molecule has 0 atom stereocenters. The van der Waals surface area contributed by atoms with Crippen molar-refractivity contribution in [3.8, 4) is 0 Å². The zero-order chi connectivity index (χ0) is 18.4. The number of halogens is 1. The van der Waals surface area contributed by atoms with Gasteiger partial charge in [-0.2, -0.15) is 0 Å². The minimum atomic E-state index is -0.00373. The van der Waals surface area contributed by atoms with E-state index in [1.807, 2.05) is 35.4 Å². The molecule has 3 heterocycles. The van der Waals surface area contributed by atoms with Crippen molar-refractivity contribution >= 4 is 28.4 Å². The number of hydrogen-bond acceptors (Lipinski definition) is 2. The van der Waals surface area contributed by atoms with Crippen LogP contribution in [0.2, 0.25) is 5.02 Å². The Morgan fingerprint density at radius 1 is 1.19 bits per heavy atom. The van der Waals surface area contributed by atoms with E-state index in [9.17, 15) is 4.79 Å². The van der Waals surface area contributed by atoms with Crippen molar-refractivity contribution in [2.75, 3.05) is 13.1 Å². The second-order valence-corrected chi connectivity index (χ2v) is 8.19. The van der Waals surface area contributed by atoms with E-state index in [2.05, 4.69) is 20.7 Å². The van der Waals surface area contributed by atoms with Gasteiger partial charge in [-0.05, 0) is 37.7 Å². The van der Waals surface area contributed by atoms with Gasteiger partial charge >= 0.3 is 0 Å². The third-order valence-corrected chi connectivity index (χ3v) is 6.30. The molecule has 6 heteroatoms. The first-order valence-electron chi connectivity index (χ1n) is 9.77. The Labute approximate surface area is 163 Å². The Kier molecular flexibility index (Phi) is 4.20. The maximum atomic E-state index is 13.0. The number of nitrogens with zero attached hydrogens (tertiary/aromatic N) is 3. The van der Waals surface area contributed by atoms with Crippen LogP contribution in [0.3, 0.4) is 0 Å². The van der Waals surface area contributed by atoms with Gasteiger partial charge in [-0.3, -0.25) is 4.79 Å². The van der Waals surface area contributed by atoms with Crippen molar-refractivity contribution in [1.29, 1.82) is 0 Å².